The van der Waals surface area contributed by atoms with Crippen molar-refractivity contribution >= 4 is 23.8 Å². The standard InChI is InChI=1S/C16H18N6O2/c1-2-18-16(24)22-9-12-13(10-22)20-21-15(12)19-14(23)4-3-11-5-7-17-8-6-11/h3-8H,2,9-10H2,1H3,(H,18,24)(H2,19,20,21,23)/b4-3+. The van der Waals surface area contributed by atoms with Crippen LogP contribution in [0.5, 0.6) is 0 Å². The lowest BCUT2D eigenvalue weighted by Gasteiger charge is -2.15. The van der Waals surface area contributed by atoms with Gasteiger partial charge in [-0.2, -0.15) is 5.10 Å². The summed E-state index contributed by atoms with van der Waals surface area (Å²) in [5.41, 5.74) is 2.50. The summed E-state index contributed by atoms with van der Waals surface area (Å²) in [5, 5.41) is 12.5. The van der Waals surface area contributed by atoms with E-state index < -0.39 is 0 Å². The Labute approximate surface area is 139 Å². The molecule has 8 nitrogen and oxygen atoms in total. The van der Waals surface area contributed by atoms with Gasteiger partial charge in [0.25, 0.3) is 0 Å². The molecule has 0 radical (unpaired) electrons. The van der Waals surface area contributed by atoms with Crippen molar-refractivity contribution in [1.29, 1.82) is 0 Å². The lowest BCUT2D eigenvalue weighted by atomic mass is 10.2. The molecule has 0 fully saturated rings. The van der Waals surface area contributed by atoms with Gasteiger partial charge in [-0.3, -0.25) is 14.9 Å². The molecule has 3 N–H and O–H groups in total. The van der Waals surface area contributed by atoms with Crippen LogP contribution in [0.4, 0.5) is 10.6 Å². The van der Waals surface area contributed by atoms with Gasteiger partial charge in [-0.05, 0) is 30.7 Å². The minimum atomic E-state index is -0.269. The monoisotopic (exact) mass is 326 g/mol. The number of carbonyl (C=O) groups excluding carboxylic acids is 2. The van der Waals surface area contributed by atoms with Crippen LogP contribution >= 0.6 is 0 Å². The third kappa shape index (κ3) is 3.43. The second kappa shape index (κ2) is 6.95. The summed E-state index contributed by atoms with van der Waals surface area (Å²) in [6.07, 6.45) is 6.47. The van der Waals surface area contributed by atoms with E-state index in [2.05, 4.69) is 25.8 Å². The molecule has 0 saturated carbocycles. The van der Waals surface area contributed by atoms with Gasteiger partial charge >= 0.3 is 6.03 Å². The highest BCUT2D eigenvalue weighted by molar-refractivity contribution is 6.01. The number of hydrogen-bond donors (Lipinski definition) is 3. The third-order valence-electron chi connectivity index (χ3n) is 3.64. The molecular formula is C16H18N6O2. The number of aromatic nitrogens is 3. The van der Waals surface area contributed by atoms with Gasteiger partial charge in [0.2, 0.25) is 5.91 Å². The van der Waals surface area contributed by atoms with E-state index in [-0.39, 0.29) is 11.9 Å². The molecule has 3 heterocycles. The van der Waals surface area contributed by atoms with Crippen LogP contribution in [0.3, 0.4) is 0 Å². The van der Waals surface area contributed by atoms with Crippen molar-refractivity contribution in [2.75, 3.05) is 11.9 Å². The molecule has 2 aromatic heterocycles. The SMILES string of the molecule is CCNC(=O)N1Cc2n[nH]c(NC(=O)/C=C/c3ccncc3)c2C1. The lowest BCUT2D eigenvalue weighted by molar-refractivity contribution is -0.111. The Hall–Kier alpha value is -3.16. The van der Waals surface area contributed by atoms with E-state index in [0.717, 1.165) is 16.8 Å². The van der Waals surface area contributed by atoms with Gasteiger partial charge < -0.3 is 15.5 Å². The second-order valence-electron chi connectivity index (χ2n) is 5.32. The molecule has 0 unspecified atom stereocenters. The minimum Gasteiger partial charge on any atom is -0.338 e. The Morgan fingerprint density at radius 1 is 1.33 bits per heavy atom. The van der Waals surface area contributed by atoms with Crippen LogP contribution in [0.25, 0.3) is 6.08 Å². The number of nitrogens with one attached hydrogen (secondary N) is 3. The maximum atomic E-state index is 12.0. The summed E-state index contributed by atoms with van der Waals surface area (Å²) in [6, 6.07) is 3.48. The first-order chi connectivity index (χ1) is 11.7. The number of aromatic amines is 1. The normalized spacial score (nSPS) is 13.1. The predicted octanol–water partition coefficient (Wildman–Crippen LogP) is 1.50. The van der Waals surface area contributed by atoms with Crippen LogP contribution in [0.2, 0.25) is 0 Å². The van der Waals surface area contributed by atoms with Gasteiger partial charge in [-0.1, -0.05) is 0 Å². The smallest absolute Gasteiger partial charge is 0.318 e. The number of anilines is 1. The van der Waals surface area contributed by atoms with Gasteiger partial charge in [0.1, 0.15) is 5.82 Å². The maximum absolute atomic E-state index is 12.0. The summed E-state index contributed by atoms with van der Waals surface area (Å²) in [4.78, 5) is 29.5. The molecule has 0 aromatic carbocycles. The summed E-state index contributed by atoms with van der Waals surface area (Å²) < 4.78 is 0. The third-order valence-corrected chi connectivity index (χ3v) is 3.64. The average Bonchev–Trinajstić information content (AvgIpc) is 3.16. The second-order valence-corrected chi connectivity index (χ2v) is 5.32. The van der Waals surface area contributed by atoms with E-state index in [1.165, 1.54) is 6.08 Å². The Bertz CT molecular complexity index is 768. The number of H-pyrrole nitrogens is 1. The number of amides is 3. The lowest BCUT2D eigenvalue weighted by Crippen LogP contribution is -2.36. The number of fused-ring (bicyclic) bond motifs is 1. The average molecular weight is 326 g/mol. The molecule has 0 atom stereocenters. The quantitative estimate of drug-likeness (QED) is 0.741. The molecule has 0 saturated heterocycles. The summed E-state index contributed by atoms with van der Waals surface area (Å²) >= 11 is 0. The van der Waals surface area contributed by atoms with Crippen LogP contribution in [0, 0.1) is 0 Å². The van der Waals surface area contributed by atoms with Crippen LogP contribution in [0.15, 0.2) is 30.6 Å². The fourth-order valence-electron chi connectivity index (χ4n) is 2.45. The molecule has 24 heavy (non-hydrogen) atoms. The van der Waals surface area contributed by atoms with E-state index in [1.807, 2.05) is 19.1 Å². The van der Waals surface area contributed by atoms with Gasteiger partial charge in [0.15, 0.2) is 0 Å². The molecular weight excluding hydrogens is 308 g/mol. The Kier molecular flexibility index (Phi) is 4.55. The topological polar surface area (TPSA) is 103 Å². The van der Waals surface area contributed by atoms with Crippen molar-refractivity contribution in [3.8, 4) is 0 Å². The van der Waals surface area contributed by atoms with Crippen molar-refractivity contribution in [1.82, 2.24) is 25.4 Å². The van der Waals surface area contributed by atoms with Crippen molar-refractivity contribution in [2.45, 2.75) is 20.0 Å². The Morgan fingerprint density at radius 3 is 2.88 bits per heavy atom. The summed E-state index contributed by atoms with van der Waals surface area (Å²) in [7, 11) is 0. The van der Waals surface area contributed by atoms with Crippen molar-refractivity contribution < 1.29 is 9.59 Å². The number of pyridine rings is 1. The van der Waals surface area contributed by atoms with Crippen molar-refractivity contribution in [2.24, 2.45) is 0 Å². The number of urea groups is 1. The van der Waals surface area contributed by atoms with E-state index in [0.29, 0.717) is 25.5 Å². The number of hydrogen-bond acceptors (Lipinski definition) is 4. The molecule has 0 spiro atoms. The number of carbonyl (C=O) groups is 2. The summed E-state index contributed by atoms with van der Waals surface area (Å²) in [6.45, 7) is 3.29. The predicted molar refractivity (Wildman–Crippen MR) is 88.8 cm³/mol. The van der Waals surface area contributed by atoms with Gasteiger partial charge in [0, 0.05) is 30.6 Å². The maximum Gasteiger partial charge on any atom is 0.318 e. The molecule has 1 aliphatic rings. The first kappa shape index (κ1) is 15.7. The minimum absolute atomic E-state index is 0.134. The highest BCUT2D eigenvalue weighted by atomic mass is 16.2. The van der Waals surface area contributed by atoms with E-state index in [1.54, 1.807) is 23.4 Å². The fourth-order valence-corrected chi connectivity index (χ4v) is 2.45. The molecule has 0 aliphatic carbocycles. The zero-order chi connectivity index (χ0) is 16.9. The van der Waals surface area contributed by atoms with Crippen LogP contribution < -0.4 is 10.6 Å². The van der Waals surface area contributed by atoms with Crippen LogP contribution in [-0.4, -0.2) is 38.6 Å². The zero-order valence-electron chi connectivity index (χ0n) is 13.2. The highest BCUT2D eigenvalue weighted by Gasteiger charge is 2.28. The number of nitrogens with zero attached hydrogens (tertiary/aromatic N) is 3. The number of rotatable bonds is 4. The van der Waals surface area contributed by atoms with E-state index in [4.69, 9.17) is 0 Å². The van der Waals surface area contributed by atoms with Gasteiger partial charge in [-0.25, -0.2) is 4.79 Å². The largest absolute Gasteiger partial charge is 0.338 e. The molecule has 8 heteroatoms. The van der Waals surface area contributed by atoms with E-state index in [9.17, 15) is 9.59 Å². The summed E-state index contributed by atoms with van der Waals surface area (Å²) in [5.74, 6) is 0.260. The Morgan fingerprint density at radius 2 is 2.12 bits per heavy atom. The van der Waals surface area contributed by atoms with Crippen LogP contribution in [-0.2, 0) is 17.9 Å². The molecule has 0 bridgehead atoms. The molecule has 3 rings (SSSR count). The molecule has 3 amide bonds. The van der Waals surface area contributed by atoms with Crippen LogP contribution in [0.1, 0.15) is 23.7 Å². The fraction of sp³-hybridized carbons (Fsp3) is 0.250. The Balaban J connectivity index is 1.63. The molecule has 124 valence electrons. The zero-order valence-corrected chi connectivity index (χ0v) is 13.2. The van der Waals surface area contributed by atoms with E-state index >= 15 is 0 Å². The first-order valence-electron chi connectivity index (χ1n) is 7.65. The molecule has 1 aliphatic heterocycles. The first-order valence-corrected chi connectivity index (χ1v) is 7.65. The van der Waals surface area contributed by atoms with Crippen molar-refractivity contribution in [3.63, 3.8) is 0 Å². The van der Waals surface area contributed by atoms with Crippen molar-refractivity contribution in [3.05, 3.63) is 47.4 Å². The van der Waals surface area contributed by atoms with Gasteiger partial charge in [-0.15, -0.1) is 0 Å². The highest BCUT2D eigenvalue weighted by Crippen LogP contribution is 2.26. The molecule has 2 aromatic rings. The van der Waals surface area contributed by atoms with Gasteiger partial charge in [0.05, 0.1) is 18.8 Å².